The molecule has 0 radical (unpaired) electrons. The molecule has 0 bridgehead atoms. The maximum atomic E-state index is 11.7. The fourth-order valence-corrected chi connectivity index (χ4v) is 6.44. The van der Waals surface area contributed by atoms with E-state index in [9.17, 15) is 18.9 Å². The first-order valence-electron chi connectivity index (χ1n) is 12.9. The van der Waals surface area contributed by atoms with E-state index in [1.54, 1.807) is 6.07 Å². The van der Waals surface area contributed by atoms with Gasteiger partial charge < -0.3 is 10.6 Å². The summed E-state index contributed by atoms with van der Waals surface area (Å²) >= 11 is 6.92. The molecule has 2 N–H and O–H groups in total. The van der Waals surface area contributed by atoms with Crippen LogP contribution in [0.4, 0.5) is 17.5 Å². The van der Waals surface area contributed by atoms with Crippen LogP contribution in [0.15, 0.2) is 18.3 Å². The Bertz CT molecular complexity index is 1620. The summed E-state index contributed by atoms with van der Waals surface area (Å²) in [5.41, 5.74) is 2.64. The van der Waals surface area contributed by atoms with Gasteiger partial charge in [-0.25, -0.2) is 13.4 Å². The number of halogens is 1. The Balaban J connectivity index is 1.23. The molecule has 4 heterocycles. The van der Waals surface area contributed by atoms with Crippen molar-refractivity contribution in [3.8, 4) is 12.1 Å². The Kier molecular flexibility index (Phi) is 6.55. The number of nitriles is 2. The zero-order valence-corrected chi connectivity index (χ0v) is 22.9. The van der Waals surface area contributed by atoms with Crippen molar-refractivity contribution in [2.45, 2.75) is 43.7 Å². The van der Waals surface area contributed by atoms with Crippen molar-refractivity contribution in [1.82, 2.24) is 28.8 Å². The van der Waals surface area contributed by atoms with Gasteiger partial charge in [0.2, 0.25) is 16.0 Å². The van der Waals surface area contributed by atoms with Gasteiger partial charge in [-0.15, -0.1) is 5.10 Å². The van der Waals surface area contributed by atoms with Gasteiger partial charge in [0.15, 0.2) is 17.2 Å². The highest BCUT2D eigenvalue weighted by Crippen LogP contribution is 2.39. The molecule has 2 saturated heterocycles. The number of likely N-dealkylation sites (tertiary alicyclic amines) is 1. The van der Waals surface area contributed by atoms with Crippen molar-refractivity contribution in [1.29, 1.82) is 10.5 Å². The molecule has 2 aromatic heterocycles. The Labute approximate surface area is 231 Å². The lowest BCUT2D eigenvalue weighted by Gasteiger charge is -2.46. The second-order valence-corrected chi connectivity index (χ2v) is 12.8. The molecule has 3 aromatic rings. The van der Waals surface area contributed by atoms with E-state index in [4.69, 9.17) is 11.6 Å². The van der Waals surface area contributed by atoms with Gasteiger partial charge in [-0.3, -0.25) is 4.90 Å². The maximum absolute atomic E-state index is 11.7. The Hall–Kier alpha value is -3.49. The summed E-state index contributed by atoms with van der Waals surface area (Å²) in [7, 11) is -3.14. The Morgan fingerprint density at radius 1 is 1.10 bits per heavy atom. The van der Waals surface area contributed by atoms with E-state index in [1.807, 2.05) is 6.07 Å². The number of hydrogen-bond donors (Lipinski definition) is 2. The molecule has 14 heteroatoms. The predicted molar refractivity (Wildman–Crippen MR) is 145 cm³/mol. The molecule has 3 aliphatic rings. The number of imidazole rings is 1. The summed E-state index contributed by atoms with van der Waals surface area (Å²) in [6.45, 7) is 2.73. The smallest absolute Gasteiger partial charge is 0.247 e. The number of hydrogen-bond acceptors (Lipinski definition) is 10. The molecule has 0 amide bonds. The molecule has 0 unspecified atom stereocenters. The molecule has 3 fully saturated rings. The average Bonchev–Trinajstić information content (AvgIpc) is 3.60. The van der Waals surface area contributed by atoms with Gasteiger partial charge in [-0.1, -0.05) is 11.6 Å². The van der Waals surface area contributed by atoms with Crippen molar-refractivity contribution < 1.29 is 8.42 Å². The van der Waals surface area contributed by atoms with Crippen molar-refractivity contribution in [3.05, 3.63) is 40.2 Å². The zero-order chi connectivity index (χ0) is 27.3. The average molecular weight is 567 g/mol. The van der Waals surface area contributed by atoms with Gasteiger partial charge in [0.25, 0.3) is 0 Å². The molecular weight excluding hydrogens is 540 g/mol. The maximum Gasteiger partial charge on any atom is 0.247 e. The van der Waals surface area contributed by atoms with E-state index in [2.05, 4.69) is 42.7 Å². The van der Waals surface area contributed by atoms with Gasteiger partial charge >= 0.3 is 0 Å². The normalized spacial score (nSPS) is 19.4. The predicted octanol–water partition coefficient (Wildman–Crippen LogP) is 2.66. The minimum Gasteiger partial charge on any atom is -0.364 e. The number of nitrogens with one attached hydrogen (secondary N) is 2. The second-order valence-electron chi connectivity index (χ2n) is 10.4. The Morgan fingerprint density at radius 3 is 2.49 bits per heavy atom. The number of nitrogens with zero attached hydrogens (tertiary/aromatic N) is 8. The quantitative estimate of drug-likeness (QED) is 0.436. The van der Waals surface area contributed by atoms with Crippen LogP contribution in [0.2, 0.25) is 5.02 Å². The zero-order valence-electron chi connectivity index (χ0n) is 21.3. The van der Waals surface area contributed by atoms with Gasteiger partial charge in [0.05, 0.1) is 34.8 Å². The monoisotopic (exact) mass is 566 g/mol. The summed E-state index contributed by atoms with van der Waals surface area (Å²) in [5, 5.41) is 30.8. The van der Waals surface area contributed by atoms with Crippen LogP contribution in [0.3, 0.4) is 0 Å². The highest BCUT2D eigenvalue weighted by molar-refractivity contribution is 7.88. The van der Waals surface area contributed by atoms with Crippen molar-refractivity contribution in [2.75, 3.05) is 43.1 Å². The van der Waals surface area contributed by atoms with E-state index in [0.717, 1.165) is 44.3 Å². The van der Waals surface area contributed by atoms with Crippen LogP contribution in [0.5, 0.6) is 0 Å². The number of aromatic nitrogens is 4. The molecule has 0 spiro atoms. The summed E-state index contributed by atoms with van der Waals surface area (Å²) in [6, 6.07) is 8.41. The van der Waals surface area contributed by atoms with Gasteiger partial charge in [-0.2, -0.15) is 24.3 Å². The van der Waals surface area contributed by atoms with Crippen LogP contribution in [0, 0.1) is 22.7 Å². The van der Waals surface area contributed by atoms with Gasteiger partial charge in [0, 0.05) is 25.2 Å². The van der Waals surface area contributed by atoms with Crippen molar-refractivity contribution in [2.24, 2.45) is 0 Å². The van der Waals surface area contributed by atoms with Crippen LogP contribution in [-0.4, -0.2) is 81.7 Å². The molecule has 39 heavy (non-hydrogen) atoms. The molecular formula is C25H27ClN10O2S. The Morgan fingerprint density at radius 2 is 1.85 bits per heavy atom. The molecule has 0 atom stereocenters. The molecule has 2 aliphatic heterocycles. The minimum atomic E-state index is -3.14. The van der Waals surface area contributed by atoms with Crippen LogP contribution >= 0.6 is 11.6 Å². The third-order valence-corrected chi connectivity index (χ3v) is 9.31. The largest absolute Gasteiger partial charge is 0.364 e. The summed E-state index contributed by atoms with van der Waals surface area (Å²) < 4.78 is 26.4. The second kappa shape index (κ2) is 9.92. The minimum absolute atomic E-state index is 0.156. The molecule has 1 saturated carbocycles. The van der Waals surface area contributed by atoms with Crippen LogP contribution in [0.1, 0.15) is 48.4 Å². The lowest BCUT2D eigenvalue weighted by atomic mass is 9.87. The van der Waals surface area contributed by atoms with Crippen molar-refractivity contribution in [3.63, 3.8) is 0 Å². The molecule has 12 nitrogen and oxygen atoms in total. The summed E-state index contributed by atoms with van der Waals surface area (Å²) in [6.07, 6.45) is 6.49. The summed E-state index contributed by atoms with van der Waals surface area (Å²) in [4.78, 5) is 11.3. The highest BCUT2D eigenvalue weighted by atomic mass is 35.5. The fraction of sp³-hybridized carbons (Fsp3) is 0.480. The first kappa shape index (κ1) is 25.8. The third-order valence-electron chi connectivity index (χ3n) is 7.65. The standard InChI is InChI=1S/C25H27ClN10O2S/c1-39(37,38)35-13-19(14-35)34-6-4-16(5-7-34)20-8-15(10-27)9-21(22(20)26)31-25-32-23(30-17-2-3-17)24-29-12-18(11-28)36(24)33-25/h8-9,12,16-17,19H,2-7,13-14H2,1H3,(H2,30,31,32,33). The number of piperidine rings is 1. The SMILES string of the molecule is CS(=O)(=O)N1CC(N2CCC(c3cc(C#N)cc(Nc4nc(NC5CC5)c5ncc(C#N)n5n4)c3Cl)CC2)C1. The number of anilines is 3. The number of fused-ring (bicyclic) bond motifs is 1. The van der Waals surface area contributed by atoms with E-state index in [0.29, 0.717) is 46.9 Å². The lowest BCUT2D eigenvalue weighted by molar-refractivity contribution is 0.0668. The number of benzene rings is 1. The van der Waals surface area contributed by atoms with Crippen LogP contribution in [-0.2, 0) is 10.0 Å². The van der Waals surface area contributed by atoms with E-state index in [1.165, 1.54) is 21.3 Å². The number of rotatable bonds is 7. The topological polar surface area (TPSA) is 155 Å². The van der Waals surface area contributed by atoms with Gasteiger partial charge in [-0.05, 0) is 62.4 Å². The first-order chi connectivity index (χ1) is 18.7. The van der Waals surface area contributed by atoms with E-state index < -0.39 is 10.0 Å². The lowest BCUT2D eigenvalue weighted by Crippen LogP contribution is -2.61. The molecule has 202 valence electrons. The van der Waals surface area contributed by atoms with Crippen LogP contribution in [0.25, 0.3) is 5.65 Å². The summed E-state index contributed by atoms with van der Waals surface area (Å²) in [5.74, 6) is 0.920. The first-order valence-corrected chi connectivity index (χ1v) is 15.1. The fourth-order valence-electron chi connectivity index (χ4n) is 5.24. The van der Waals surface area contributed by atoms with Gasteiger partial charge in [0.1, 0.15) is 6.07 Å². The molecule has 1 aliphatic carbocycles. The molecule has 6 rings (SSSR count). The number of sulfonamides is 1. The third kappa shape index (κ3) is 5.11. The molecule has 1 aromatic carbocycles. The highest BCUT2D eigenvalue weighted by Gasteiger charge is 2.38. The van der Waals surface area contributed by atoms with Crippen molar-refractivity contribution >= 4 is 44.7 Å². The van der Waals surface area contributed by atoms with Crippen LogP contribution < -0.4 is 10.6 Å². The van der Waals surface area contributed by atoms with E-state index in [-0.39, 0.29) is 23.6 Å². The van der Waals surface area contributed by atoms with E-state index >= 15 is 0 Å².